The Morgan fingerprint density at radius 2 is 1.83 bits per heavy atom. The van der Waals surface area contributed by atoms with Gasteiger partial charge < -0.3 is 14.5 Å². The molecule has 174 valence electrons. The number of hydrogen-bond donors (Lipinski definition) is 1. The van der Waals surface area contributed by atoms with Gasteiger partial charge in [0.2, 0.25) is 5.91 Å². The van der Waals surface area contributed by atoms with E-state index < -0.39 is 0 Å². The van der Waals surface area contributed by atoms with Gasteiger partial charge in [0.05, 0.1) is 17.8 Å². The normalized spacial score (nSPS) is 11.3. The maximum absolute atomic E-state index is 12.4. The first-order valence-corrected chi connectivity index (χ1v) is 11.7. The van der Waals surface area contributed by atoms with Gasteiger partial charge in [-0.15, -0.1) is 10.2 Å². The van der Waals surface area contributed by atoms with Crippen LogP contribution in [0, 0.1) is 0 Å². The fourth-order valence-electron chi connectivity index (χ4n) is 3.44. The monoisotopic (exact) mass is 548 g/mol. The van der Waals surface area contributed by atoms with Crippen LogP contribution in [0.25, 0.3) is 34.1 Å². The lowest BCUT2D eigenvalue weighted by atomic mass is 10.2. The van der Waals surface area contributed by atoms with E-state index in [9.17, 15) is 4.79 Å². The highest BCUT2D eigenvalue weighted by Crippen LogP contribution is 2.27. The Hall–Kier alpha value is -3.88. The summed E-state index contributed by atoms with van der Waals surface area (Å²) in [6.07, 6.45) is 3.05. The van der Waals surface area contributed by atoms with Crippen LogP contribution in [0.3, 0.4) is 0 Å². The van der Waals surface area contributed by atoms with E-state index in [0.717, 1.165) is 15.8 Å². The van der Waals surface area contributed by atoms with Crippen LogP contribution in [-0.2, 0) is 4.79 Å². The second-order valence-electron chi connectivity index (χ2n) is 7.54. The molecule has 0 atom stereocenters. The largest absolute Gasteiger partial charge is 0.495 e. The van der Waals surface area contributed by atoms with E-state index in [1.54, 1.807) is 43.5 Å². The van der Waals surface area contributed by atoms with Gasteiger partial charge in [-0.2, -0.15) is 4.80 Å². The number of hydrogen-bond acceptors (Lipinski definition) is 5. The van der Waals surface area contributed by atoms with Gasteiger partial charge in [0.25, 0.3) is 0 Å². The highest BCUT2D eigenvalue weighted by Gasteiger charge is 2.09. The smallest absolute Gasteiger partial charge is 0.248 e. The molecule has 0 spiro atoms. The summed E-state index contributed by atoms with van der Waals surface area (Å²) >= 11 is 9.64. The Labute approximate surface area is 214 Å². The molecule has 5 rings (SSSR count). The summed E-state index contributed by atoms with van der Waals surface area (Å²) < 4.78 is 12.0. The first-order valence-electron chi connectivity index (χ1n) is 10.5. The lowest BCUT2D eigenvalue weighted by Gasteiger charge is -2.04. The molecular formula is C26H18BrClN4O3. The van der Waals surface area contributed by atoms with E-state index in [4.69, 9.17) is 20.8 Å². The average Bonchev–Trinajstić information content (AvgIpc) is 3.50. The molecule has 7 nitrogen and oxygen atoms in total. The van der Waals surface area contributed by atoms with Gasteiger partial charge in [-0.25, -0.2) is 0 Å². The lowest BCUT2D eigenvalue weighted by molar-refractivity contribution is -0.111. The number of nitrogens with one attached hydrogen (secondary N) is 1. The van der Waals surface area contributed by atoms with Crippen LogP contribution in [0.4, 0.5) is 5.69 Å². The molecule has 0 unspecified atom stereocenters. The minimum Gasteiger partial charge on any atom is -0.495 e. The lowest BCUT2D eigenvalue weighted by Crippen LogP contribution is -2.07. The zero-order valence-electron chi connectivity index (χ0n) is 18.4. The molecule has 2 aromatic heterocycles. The van der Waals surface area contributed by atoms with Crippen molar-refractivity contribution in [2.24, 2.45) is 0 Å². The van der Waals surface area contributed by atoms with Crippen LogP contribution in [0.1, 0.15) is 5.76 Å². The first kappa shape index (κ1) is 22.9. The molecule has 0 saturated carbocycles. The molecule has 2 heterocycles. The van der Waals surface area contributed by atoms with Gasteiger partial charge in [-0.1, -0.05) is 39.7 Å². The molecule has 5 aromatic rings. The number of rotatable bonds is 6. The van der Waals surface area contributed by atoms with Gasteiger partial charge in [0.1, 0.15) is 28.3 Å². The number of fused-ring (bicyclic) bond motifs is 1. The van der Waals surface area contributed by atoms with Crippen molar-refractivity contribution in [3.63, 3.8) is 0 Å². The number of methoxy groups -OCH3 is 1. The topological polar surface area (TPSA) is 82.2 Å². The van der Waals surface area contributed by atoms with Crippen molar-refractivity contribution in [2.75, 3.05) is 12.4 Å². The van der Waals surface area contributed by atoms with Crippen LogP contribution >= 0.6 is 27.5 Å². The van der Waals surface area contributed by atoms with Crippen molar-refractivity contribution in [3.8, 4) is 22.8 Å². The summed E-state index contributed by atoms with van der Waals surface area (Å²) in [5.41, 5.74) is 3.56. The molecule has 0 bridgehead atoms. The Balaban J connectivity index is 1.28. The van der Waals surface area contributed by atoms with Crippen molar-refractivity contribution in [1.82, 2.24) is 15.0 Å². The molecule has 0 aliphatic heterocycles. The van der Waals surface area contributed by atoms with Gasteiger partial charge in [-0.3, -0.25) is 4.79 Å². The fraction of sp³-hybridized carbons (Fsp3) is 0.0385. The third kappa shape index (κ3) is 5.13. The number of furan rings is 1. The van der Waals surface area contributed by atoms with E-state index in [0.29, 0.717) is 38.9 Å². The molecular weight excluding hydrogens is 532 g/mol. The number of nitrogens with zero attached hydrogens (tertiary/aromatic N) is 3. The molecule has 0 aliphatic carbocycles. The van der Waals surface area contributed by atoms with Crippen LogP contribution in [0.2, 0.25) is 5.02 Å². The van der Waals surface area contributed by atoms with Crippen LogP contribution in [-0.4, -0.2) is 28.0 Å². The van der Waals surface area contributed by atoms with Crippen LogP contribution < -0.4 is 10.1 Å². The first-order chi connectivity index (χ1) is 17.0. The van der Waals surface area contributed by atoms with Crippen LogP contribution in [0.5, 0.6) is 5.75 Å². The minimum absolute atomic E-state index is 0.291. The van der Waals surface area contributed by atoms with Gasteiger partial charge >= 0.3 is 0 Å². The molecule has 0 aliphatic rings. The summed E-state index contributed by atoms with van der Waals surface area (Å²) in [5.74, 6) is 1.59. The zero-order valence-corrected chi connectivity index (χ0v) is 20.7. The Kier molecular flexibility index (Phi) is 6.39. The Bertz CT molecular complexity index is 1560. The number of anilines is 1. The highest BCUT2D eigenvalue weighted by molar-refractivity contribution is 9.10. The average molecular weight is 550 g/mol. The fourth-order valence-corrected chi connectivity index (χ4v) is 3.96. The molecule has 3 aromatic carbocycles. The number of carbonyl (C=O) groups is 1. The van der Waals surface area contributed by atoms with E-state index >= 15 is 0 Å². The van der Waals surface area contributed by atoms with Crippen molar-refractivity contribution in [2.45, 2.75) is 0 Å². The van der Waals surface area contributed by atoms with Gasteiger partial charge in [-0.05, 0) is 66.7 Å². The van der Waals surface area contributed by atoms with Crippen molar-refractivity contribution >= 4 is 56.2 Å². The van der Waals surface area contributed by atoms with E-state index in [1.165, 1.54) is 10.9 Å². The summed E-state index contributed by atoms with van der Waals surface area (Å²) in [4.78, 5) is 13.9. The maximum atomic E-state index is 12.4. The Morgan fingerprint density at radius 3 is 2.60 bits per heavy atom. The number of aromatic nitrogens is 3. The van der Waals surface area contributed by atoms with Crippen LogP contribution in [0.15, 0.2) is 87.8 Å². The molecule has 9 heteroatoms. The molecule has 35 heavy (non-hydrogen) atoms. The van der Waals surface area contributed by atoms with Gasteiger partial charge in [0.15, 0.2) is 0 Å². The third-order valence-electron chi connectivity index (χ3n) is 5.17. The number of carbonyl (C=O) groups excluding carboxylic acids is 1. The third-order valence-corrected chi connectivity index (χ3v) is 5.99. The van der Waals surface area contributed by atoms with E-state index in [-0.39, 0.29) is 5.91 Å². The Morgan fingerprint density at radius 1 is 1.03 bits per heavy atom. The molecule has 0 saturated heterocycles. The summed E-state index contributed by atoms with van der Waals surface area (Å²) in [6.45, 7) is 0. The predicted octanol–water partition coefficient (Wildman–Crippen LogP) is 6.76. The SMILES string of the molecule is COc1ccc(-n2nc3ccc(NC(=O)/C=C/c4ccc(-c5ccc(Br)cc5)o4)cc3n2)cc1Cl. The quantitative estimate of drug-likeness (QED) is 0.237. The van der Waals surface area contributed by atoms with E-state index in [1.807, 2.05) is 42.5 Å². The summed E-state index contributed by atoms with van der Waals surface area (Å²) in [6, 6.07) is 22.1. The minimum atomic E-state index is -0.291. The van der Waals surface area contributed by atoms with Crippen molar-refractivity contribution in [1.29, 1.82) is 0 Å². The molecule has 0 radical (unpaired) electrons. The number of halogens is 2. The second kappa shape index (κ2) is 9.77. The van der Waals surface area contributed by atoms with E-state index in [2.05, 4.69) is 31.4 Å². The number of amides is 1. The molecule has 1 amide bonds. The summed E-state index contributed by atoms with van der Waals surface area (Å²) in [5, 5.41) is 12.3. The maximum Gasteiger partial charge on any atom is 0.248 e. The van der Waals surface area contributed by atoms with Crippen molar-refractivity contribution < 1.29 is 13.9 Å². The zero-order chi connectivity index (χ0) is 24.4. The predicted molar refractivity (Wildman–Crippen MR) is 140 cm³/mol. The second-order valence-corrected chi connectivity index (χ2v) is 8.87. The number of benzene rings is 3. The molecule has 1 N–H and O–H groups in total. The highest BCUT2D eigenvalue weighted by atomic mass is 79.9. The van der Waals surface area contributed by atoms with Crippen molar-refractivity contribution in [3.05, 3.63) is 94.1 Å². The van der Waals surface area contributed by atoms with Gasteiger partial charge in [0, 0.05) is 21.8 Å². The molecule has 0 fully saturated rings. The number of ether oxygens (including phenoxy) is 1. The standard InChI is InChI=1S/C26H18BrClN4O3/c1-34-25-11-7-19(15-21(25)28)32-30-22-10-6-18(14-23(22)31-32)29-26(33)13-9-20-8-12-24(35-20)16-2-4-17(27)5-3-16/h2-15H,1H3,(H,29,33)/b13-9+. The summed E-state index contributed by atoms with van der Waals surface area (Å²) in [7, 11) is 1.56.